The van der Waals surface area contributed by atoms with E-state index in [0.717, 1.165) is 0 Å². The summed E-state index contributed by atoms with van der Waals surface area (Å²) in [6.45, 7) is 2.93. The van der Waals surface area contributed by atoms with Crippen molar-refractivity contribution >= 4 is 0 Å². The Kier molecular flexibility index (Phi) is 5.43. The smallest absolute Gasteiger partial charge is 0.406 e. The van der Waals surface area contributed by atoms with Crippen LogP contribution in [0.1, 0.15) is 24.9 Å². The second kappa shape index (κ2) is 6.61. The fraction of sp³-hybridized carbons (Fsp3) is 0.500. The summed E-state index contributed by atoms with van der Waals surface area (Å²) in [5.74, 6) is -0.258. The van der Waals surface area contributed by atoms with Crippen molar-refractivity contribution in [1.29, 1.82) is 0 Å². The molecule has 0 heterocycles. The van der Waals surface area contributed by atoms with Crippen molar-refractivity contribution < 1.29 is 22.6 Å². The Labute approximate surface area is 104 Å². The monoisotopic (exact) mass is 263 g/mol. The van der Waals surface area contributed by atoms with Crippen molar-refractivity contribution in [1.82, 2.24) is 0 Å². The van der Waals surface area contributed by atoms with Gasteiger partial charge in [-0.3, -0.25) is 0 Å². The first-order valence-corrected chi connectivity index (χ1v) is 5.61. The summed E-state index contributed by atoms with van der Waals surface area (Å²) in [5.41, 5.74) is 6.45. The number of nitrogens with two attached hydrogens (primary N) is 1. The van der Waals surface area contributed by atoms with Gasteiger partial charge in [-0.25, -0.2) is 0 Å². The minimum atomic E-state index is -4.69. The lowest BCUT2D eigenvalue weighted by Gasteiger charge is -2.14. The molecule has 0 aliphatic carbocycles. The zero-order valence-electron chi connectivity index (χ0n) is 10.0. The van der Waals surface area contributed by atoms with Crippen LogP contribution in [0.5, 0.6) is 5.75 Å². The van der Waals surface area contributed by atoms with Crippen molar-refractivity contribution in [3.8, 4) is 5.75 Å². The van der Waals surface area contributed by atoms with E-state index in [1.165, 1.54) is 18.2 Å². The molecule has 1 rings (SSSR count). The molecular weight excluding hydrogens is 247 g/mol. The van der Waals surface area contributed by atoms with Crippen LogP contribution in [0.4, 0.5) is 13.2 Å². The van der Waals surface area contributed by atoms with Gasteiger partial charge in [-0.1, -0.05) is 12.1 Å². The first-order chi connectivity index (χ1) is 8.42. The molecule has 0 bridgehead atoms. The molecule has 0 saturated carbocycles. The molecule has 0 aromatic heterocycles. The van der Waals surface area contributed by atoms with Crippen LogP contribution in [-0.2, 0) is 4.74 Å². The molecule has 0 spiro atoms. The number of hydrogen-bond acceptors (Lipinski definition) is 3. The third-order valence-corrected chi connectivity index (χ3v) is 2.30. The van der Waals surface area contributed by atoms with Gasteiger partial charge >= 0.3 is 6.36 Å². The molecule has 0 fully saturated rings. The van der Waals surface area contributed by atoms with Gasteiger partial charge in [0.1, 0.15) is 5.75 Å². The molecule has 0 radical (unpaired) electrons. The summed E-state index contributed by atoms with van der Waals surface area (Å²) in [6.07, 6.45) is -4.14. The van der Waals surface area contributed by atoms with Crippen LogP contribution in [0, 0.1) is 0 Å². The third-order valence-electron chi connectivity index (χ3n) is 2.30. The van der Waals surface area contributed by atoms with Crippen LogP contribution in [0.2, 0.25) is 0 Å². The number of hydrogen-bond donors (Lipinski definition) is 1. The van der Waals surface area contributed by atoms with E-state index in [4.69, 9.17) is 10.5 Å². The molecule has 0 saturated heterocycles. The van der Waals surface area contributed by atoms with Crippen LogP contribution in [0.3, 0.4) is 0 Å². The summed E-state index contributed by atoms with van der Waals surface area (Å²) >= 11 is 0. The van der Waals surface area contributed by atoms with Crippen molar-refractivity contribution in [3.63, 3.8) is 0 Å². The predicted molar refractivity (Wildman–Crippen MR) is 61.2 cm³/mol. The van der Waals surface area contributed by atoms with E-state index in [1.807, 2.05) is 6.92 Å². The maximum atomic E-state index is 12.0. The highest BCUT2D eigenvalue weighted by atomic mass is 19.4. The fourth-order valence-corrected chi connectivity index (χ4v) is 1.46. The van der Waals surface area contributed by atoms with Crippen LogP contribution in [0.15, 0.2) is 24.3 Å². The molecule has 0 aliphatic heterocycles. The molecule has 0 aliphatic rings. The van der Waals surface area contributed by atoms with Gasteiger partial charge < -0.3 is 15.2 Å². The van der Waals surface area contributed by atoms with E-state index in [-0.39, 0.29) is 11.8 Å². The van der Waals surface area contributed by atoms with Gasteiger partial charge in [0.2, 0.25) is 0 Å². The maximum Gasteiger partial charge on any atom is 0.573 e. The van der Waals surface area contributed by atoms with Gasteiger partial charge in [-0.15, -0.1) is 13.2 Å². The molecule has 18 heavy (non-hydrogen) atoms. The molecule has 6 heteroatoms. The third kappa shape index (κ3) is 5.37. The van der Waals surface area contributed by atoms with Crippen LogP contribution < -0.4 is 10.5 Å². The first-order valence-electron chi connectivity index (χ1n) is 5.61. The summed E-state index contributed by atoms with van der Waals surface area (Å²) in [4.78, 5) is 0. The standard InChI is InChI=1S/C12H16F3NO2/c1-2-17-7-6-11(16)9-4-3-5-10(8-9)18-12(13,14)15/h3-5,8,11H,2,6-7,16H2,1H3/t11-/m0/s1. The lowest BCUT2D eigenvalue weighted by Crippen LogP contribution is -2.18. The second-order valence-corrected chi connectivity index (χ2v) is 3.71. The summed E-state index contributed by atoms with van der Waals surface area (Å²) < 4.78 is 45.1. The van der Waals surface area contributed by atoms with Crippen LogP contribution in [0.25, 0.3) is 0 Å². The SMILES string of the molecule is CCOCC[C@H](N)c1cccc(OC(F)(F)F)c1. The minimum Gasteiger partial charge on any atom is -0.406 e. The van der Waals surface area contributed by atoms with Gasteiger partial charge in [0.15, 0.2) is 0 Å². The van der Waals surface area contributed by atoms with E-state index >= 15 is 0 Å². The summed E-state index contributed by atoms with van der Waals surface area (Å²) in [6, 6.07) is 5.32. The lowest BCUT2D eigenvalue weighted by molar-refractivity contribution is -0.274. The van der Waals surface area contributed by atoms with Gasteiger partial charge in [-0.2, -0.15) is 0 Å². The molecule has 1 aromatic carbocycles. The minimum absolute atomic E-state index is 0.258. The largest absolute Gasteiger partial charge is 0.573 e. The molecule has 1 aromatic rings. The zero-order valence-corrected chi connectivity index (χ0v) is 10.0. The normalized spacial score (nSPS) is 13.4. The number of alkyl halides is 3. The van der Waals surface area contributed by atoms with E-state index in [9.17, 15) is 13.2 Å². The number of rotatable bonds is 6. The Balaban J connectivity index is 2.63. The van der Waals surface area contributed by atoms with Crippen molar-refractivity contribution in [2.45, 2.75) is 25.7 Å². The molecule has 3 nitrogen and oxygen atoms in total. The summed E-state index contributed by atoms with van der Waals surface area (Å²) in [7, 11) is 0. The topological polar surface area (TPSA) is 44.5 Å². The second-order valence-electron chi connectivity index (χ2n) is 3.71. The van der Waals surface area contributed by atoms with Gasteiger partial charge in [0.05, 0.1) is 0 Å². The first kappa shape index (κ1) is 14.8. The molecule has 102 valence electrons. The van der Waals surface area contributed by atoms with Crippen LogP contribution >= 0.6 is 0 Å². The highest BCUT2D eigenvalue weighted by Crippen LogP contribution is 2.25. The van der Waals surface area contributed by atoms with E-state index in [0.29, 0.717) is 25.2 Å². The summed E-state index contributed by atoms with van der Waals surface area (Å²) in [5, 5.41) is 0. The average Bonchev–Trinajstić information content (AvgIpc) is 2.27. The highest BCUT2D eigenvalue weighted by Gasteiger charge is 2.31. The van der Waals surface area contributed by atoms with Gasteiger partial charge in [0, 0.05) is 19.3 Å². The number of halogens is 3. The van der Waals surface area contributed by atoms with Gasteiger partial charge in [-0.05, 0) is 31.0 Å². The highest BCUT2D eigenvalue weighted by molar-refractivity contribution is 5.30. The number of benzene rings is 1. The molecule has 0 unspecified atom stereocenters. The average molecular weight is 263 g/mol. The predicted octanol–water partition coefficient (Wildman–Crippen LogP) is 3.01. The zero-order chi connectivity index (χ0) is 13.6. The Bertz CT molecular complexity index is 369. The van der Waals surface area contributed by atoms with E-state index < -0.39 is 6.36 Å². The Hall–Kier alpha value is -1.27. The lowest BCUT2D eigenvalue weighted by atomic mass is 10.1. The Morgan fingerprint density at radius 2 is 2.06 bits per heavy atom. The molecular formula is C12H16F3NO2. The molecule has 1 atom stereocenters. The van der Waals surface area contributed by atoms with E-state index in [1.54, 1.807) is 6.07 Å². The van der Waals surface area contributed by atoms with E-state index in [2.05, 4.69) is 4.74 Å². The van der Waals surface area contributed by atoms with Crippen molar-refractivity contribution in [2.75, 3.05) is 13.2 Å². The Morgan fingerprint density at radius 1 is 1.33 bits per heavy atom. The maximum absolute atomic E-state index is 12.0. The van der Waals surface area contributed by atoms with Gasteiger partial charge in [0.25, 0.3) is 0 Å². The Morgan fingerprint density at radius 3 is 2.67 bits per heavy atom. The van der Waals surface area contributed by atoms with Crippen molar-refractivity contribution in [3.05, 3.63) is 29.8 Å². The number of ether oxygens (including phenoxy) is 2. The van der Waals surface area contributed by atoms with Crippen molar-refractivity contribution in [2.24, 2.45) is 5.73 Å². The molecule has 0 amide bonds. The fourth-order valence-electron chi connectivity index (χ4n) is 1.46. The quantitative estimate of drug-likeness (QED) is 0.802. The molecule has 2 N–H and O–H groups in total. The van der Waals surface area contributed by atoms with Crippen LogP contribution in [-0.4, -0.2) is 19.6 Å².